The number of nitrogens with one attached hydrogen (secondary N) is 1. The molecule has 24 heavy (non-hydrogen) atoms. The maximum absolute atomic E-state index is 11.2. The average molecular weight is 319 g/mol. The number of nitrogens with zero attached hydrogens (tertiary/aromatic N) is 2. The lowest BCUT2D eigenvalue weighted by molar-refractivity contribution is -0.114. The third-order valence-corrected chi connectivity index (χ3v) is 3.49. The van der Waals surface area contributed by atoms with E-state index in [1.165, 1.54) is 13.3 Å². The Kier molecular flexibility index (Phi) is 3.35. The van der Waals surface area contributed by atoms with Crippen LogP contribution >= 0.6 is 0 Å². The molecule has 0 aliphatic heterocycles. The van der Waals surface area contributed by atoms with Gasteiger partial charge >= 0.3 is 0 Å². The molecular formula is C18H13N3O3. The van der Waals surface area contributed by atoms with E-state index < -0.39 is 0 Å². The van der Waals surface area contributed by atoms with Crippen LogP contribution in [0.15, 0.2) is 59.3 Å². The van der Waals surface area contributed by atoms with E-state index in [-0.39, 0.29) is 5.91 Å². The summed E-state index contributed by atoms with van der Waals surface area (Å²) in [5.41, 5.74) is 2.57. The van der Waals surface area contributed by atoms with Gasteiger partial charge in [0.05, 0.1) is 0 Å². The van der Waals surface area contributed by atoms with Crippen molar-refractivity contribution in [3.63, 3.8) is 0 Å². The van der Waals surface area contributed by atoms with Crippen LogP contribution in [0.2, 0.25) is 0 Å². The van der Waals surface area contributed by atoms with Crippen LogP contribution in [0, 0.1) is 0 Å². The highest BCUT2D eigenvalue weighted by molar-refractivity contribution is 6.03. The predicted molar refractivity (Wildman–Crippen MR) is 90.1 cm³/mol. The Hall–Kier alpha value is -3.41. The Morgan fingerprint density at radius 1 is 1.12 bits per heavy atom. The largest absolute Gasteiger partial charge is 0.449 e. The van der Waals surface area contributed by atoms with Gasteiger partial charge in [0.15, 0.2) is 0 Å². The number of hydrogen-bond acceptors (Lipinski definition) is 5. The molecule has 118 valence electrons. The van der Waals surface area contributed by atoms with Gasteiger partial charge in [0, 0.05) is 24.1 Å². The topological polar surface area (TPSA) is 77.2 Å². The quantitative estimate of drug-likeness (QED) is 0.614. The van der Waals surface area contributed by atoms with E-state index in [0.717, 1.165) is 11.0 Å². The normalized spacial score (nSPS) is 10.9. The summed E-state index contributed by atoms with van der Waals surface area (Å²) in [6.45, 7) is 1.45. The maximum atomic E-state index is 11.2. The van der Waals surface area contributed by atoms with Crippen molar-refractivity contribution in [1.29, 1.82) is 0 Å². The summed E-state index contributed by atoms with van der Waals surface area (Å²) in [6, 6.07) is 14.7. The number of furan rings is 1. The molecule has 0 saturated heterocycles. The molecule has 6 heteroatoms. The molecule has 0 atom stereocenters. The molecule has 6 nitrogen and oxygen atoms in total. The number of amides is 1. The molecule has 0 saturated carbocycles. The average Bonchev–Trinajstić information content (AvgIpc) is 2.95. The highest BCUT2D eigenvalue weighted by atomic mass is 16.5. The second kappa shape index (κ2) is 5.66. The fourth-order valence-corrected chi connectivity index (χ4v) is 2.53. The number of fused-ring (bicyclic) bond motifs is 3. The minimum atomic E-state index is -0.145. The van der Waals surface area contributed by atoms with Gasteiger partial charge in [-0.3, -0.25) is 4.79 Å². The van der Waals surface area contributed by atoms with E-state index in [0.29, 0.717) is 28.4 Å². The molecule has 2 aromatic heterocycles. The van der Waals surface area contributed by atoms with Crippen molar-refractivity contribution in [2.75, 3.05) is 5.32 Å². The van der Waals surface area contributed by atoms with E-state index in [2.05, 4.69) is 15.3 Å². The molecule has 0 aliphatic rings. The summed E-state index contributed by atoms with van der Waals surface area (Å²) in [6.07, 6.45) is 1.44. The van der Waals surface area contributed by atoms with Crippen LogP contribution in [0.1, 0.15) is 6.92 Å². The van der Waals surface area contributed by atoms with Crippen LogP contribution < -0.4 is 10.1 Å². The van der Waals surface area contributed by atoms with Gasteiger partial charge in [0.2, 0.25) is 11.5 Å². The summed E-state index contributed by atoms with van der Waals surface area (Å²) in [7, 11) is 0. The molecule has 4 aromatic rings. The summed E-state index contributed by atoms with van der Waals surface area (Å²) in [4.78, 5) is 19.6. The highest BCUT2D eigenvalue weighted by Crippen LogP contribution is 2.34. The van der Waals surface area contributed by atoms with Gasteiger partial charge in [0.1, 0.15) is 23.2 Å². The lowest BCUT2D eigenvalue weighted by atomic mass is 10.2. The van der Waals surface area contributed by atoms with Crippen molar-refractivity contribution in [2.45, 2.75) is 6.92 Å². The monoisotopic (exact) mass is 319 g/mol. The van der Waals surface area contributed by atoms with Crippen molar-refractivity contribution < 1.29 is 13.9 Å². The van der Waals surface area contributed by atoms with Gasteiger partial charge < -0.3 is 14.5 Å². The molecule has 1 N–H and O–H groups in total. The second-order valence-electron chi connectivity index (χ2n) is 5.27. The minimum absolute atomic E-state index is 0.145. The molecule has 1 amide bonds. The van der Waals surface area contributed by atoms with Crippen LogP contribution in [0.25, 0.3) is 22.1 Å². The number of ether oxygens (including phenoxy) is 1. The molecule has 4 rings (SSSR count). The van der Waals surface area contributed by atoms with E-state index in [1.54, 1.807) is 24.3 Å². The van der Waals surface area contributed by atoms with Crippen molar-refractivity contribution >= 4 is 33.7 Å². The molecule has 0 aliphatic carbocycles. The zero-order valence-electron chi connectivity index (χ0n) is 12.8. The fourth-order valence-electron chi connectivity index (χ4n) is 2.53. The number of carbonyl (C=O) groups excluding carboxylic acids is 1. The van der Waals surface area contributed by atoms with Crippen LogP contribution in [0.3, 0.4) is 0 Å². The predicted octanol–water partition coefficient (Wildman–Crippen LogP) is 4.13. The van der Waals surface area contributed by atoms with Crippen LogP contribution in [0.5, 0.6) is 11.6 Å². The zero-order chi connectivity index (χ0) is 16.5. The highest BCUT2D eigenvalue weighted by Gasteiger charge is 2.14. The molecule has 2 aromatic carbocycles. The van der Waals surface area contributed by atoms with Gasteiger partial charge in [-0.25, -0.2) is 4.98 Å². The zero-order valence-corrected chi connectivity index (χ0v) is 12.8. The number of hydrogen-bond donors (Lipinski definition) is 1. The van der Waals surface area contributed by atoms with Crippen LogP contribution in [0.4, 0.5) is 5.69 Å². The SMILES string of the molecule is CC(=O)Nc1cccc(Oc2ncnc3c2oc2ccccc23)c1. The maximum Gasteiger partial charge on any atom is 0.267 e. The number of benzene rings is 2. The summed E-state index contributed by atoms with van der Waals surface area (Å²) in [5, 5.41) is 3.62. The van der Waals surface area contributed by atoms with Gasteiger partial charge in [-0.05, 0) is 24.3 Å². The first-order valence-electron chi connectivity index (χ1n) is 7.38. The first-order valence-corrected chi connectivity index (χ1v) is 7.38. The molecule has 0 spiro atoms. The van der Waals surface area contributed by atoms with Crippen LogP contribution in [-0.2, 0) is 4.79 Å². The van der Waals surface area contributed by atoms with E-state index in [9.17, 15) is 4.79 Å². The first-order chi connectivity index (χ1) is 11.7. The molecule has 0 bridgehead atoms. The Morgan fingerprint density at radius 2 is 2.00 bits per heavy atom. The van der Waals surface area contributed by atoms with Crippen molar-refractivity contribution in [3.8, 4) is 11.6 Å². The minimum Gasteiger partial charge on any atom is -0.449 e. The third-order valence-electron chi connectivity index (χ3n) is 3.49. The second-order valence-corrected chi connectivity index (χ2v) is 5.27. The molecule has 0 fully saturated rings. The van der Waals surface area contributed by atoms with Crippen molar-refractivity contribution in [1.82, 2.24) is 9.97 Å². The lowest BCUT2D eigenvalue weighted by Gasteiger charge is -2.07. The molecular weight excluding hydrogens is 306 g/mol. The van der Waals surface area contributed by atoms with Gasteiger partial charge in [-0.1, -0.05) is 18.2 Å². The summed E-state index contributed by atoms with van der Waals surface area (Å²) < 4.78 is 11.7. The number of rotatable bonds is 3. The molecule has 0 unspecified atom stereocenters. The Labute approximate surface area is 137 Å². The Bertz CT molecular complexity index is 1060. The fraction of sp³-hybridized carbons (Fsp3) is 0.0556. The number of aromatic nitrogens is 2. The smallest absolute Gasteiger partial charge is 0.267 e. The van der Waals surface area contributed by atoms with Crippen molar-refractivity contribution in [2.24, 2.45) is 0 Å². The van der Waals surface area contributed by atoms with Crippen LogP contribution in [-0.4, -0.2) is 15.9 Å². The Morgan fingerprint density at radius 3 is 2.88 bits per heavy atom. The number of carbonyl (C=O) groups is 1. The van der Waals surface area contributed by atoms with Gasteiger partial charge in [0.25, 0.3) is 5.88 Å². The van der Waals surface area contributed by atoms with Gasteiger partial charge in [-0.2, -0.15) is 4.98 Å². The standard InChI is InChI=1S/C18H13N3O3/c1-11(22)21-12-5-4-6-13(9-12)23-18-17-16(19-10-20-18)14-7-2-3-8-15(14)24-17/h2-10H,1H3,(H,21,22). The van der Waals surface area contributed by atoms with Gasteiger partial charge in [-0.15, -0.1) is 0 Å². The third kappa shape index (κ3) is 2.54. The van der Waals surface area contributed by atoms with E-state index >= 15 is 0 Å². The van der Waals surface area contributed by atoms with E-state index in [4.69, 9.17) is 9.15 Å². The number of anilines is 1. The summed E-state index contributed by atoms with van der Waals surface area (Å²) in [5.74, 6) is 0.728. The lowest BCUT2D eigenvalue weighted by Crippen LogP contribution is -2.05. The first kappa shape index (κ1) is 14.2. The molecule has 2 heterocycles. The number of para-hydroxylation sites is 1. The summed E-state index contributed by atoms with van der Waals surface area (Å²) >= 11 is 0. The van der Waals surface area contributed by atoms with E-state index in [1.807, 2.05) is 24.3 Å². The molecule has 0 radical (unpaired) electrons. The van der Waals surface area contributed by atoms with Crippen molar-refractivity contribution in [3.05, 3.63) is 54.9 Å². The Balaban J connectivity index is 1.76.